The molecular weight excluding hydrogens is 444 g/mol. The maximum atomic E-state index is 14.7. The minimum absolute atomic E-state index is 0.0145. The SMILES string of the molecule is Cc1c(-c2cc(F)c(N)cc2F)ccc2c3oc(CNC(=O)[C@H](C)N)nc3c(=O)n(C3CC3)c12. The second kappa shape index (κ2) is 7.91. The van der Waals surface area contributed by atoms with Gasteiger partial charge < -0.3 is 25.8 Å². The minimum Gasteiger partial charge on any atom is -0.438 e. The Morgan fingerprint density at radius 3 is 2.68 bits per heavy atom. The van der Waals surface area contributed by atoms with Crippen LogP contribution in [0.1, 0.15) is 37.3 Å². The van der Waals surface area contributed by atoms with Crippen molar-refractivity contribution in [1.82, 2.24) is 14.9 Å². The summed E-state index contributed by atoms with van der Waals surface area (Å²) in [6.07, 6.45) is 1.65. The lowest BCUT2D eigenvalue weighted by Crippen LogP contribution is -2.37. The lowest BCUT2D eigenvalue weighted by molar-refractivity contribution is -0.122. The van der Waals surface area contributed by atoms with Crippen LogP contribution in [0.2, 0.25) is 0 Å². The molecule has 2 aromatic carbocycles. The number of fused-ring (bicyclic) bond motifs is 3. The number of amides is 1. The number of anilines is 1. The summed E-state index contributed by atoms with van der Waals surface area (Å²) in [6, 6.07) is 4.67. The van der Waals surface area contributed by atoms with E-state index in [1.165, 1.54) is 0 Å². The van der Waals surface area contributed by atoms with Crippen molar-refractivity contribution in [1.29, 1.82) is 0 Å². The number of aromatic nitrogens is 2. The highest BCUT2D eigenvalue weighted by molar-refractivity contribution is 6.04. The van der Waals surface area contributed by atoms with Crippen LogP contribution >= 0.6 is 0 Å². The number of nitrogens with one attached hydrogen (secondary N) is 1. The Bertz CT molecular complexity index is 1540. The first kappa shape index (κ1) is 22.0. The van der Waals surface area contributed by atoms with Crippen molar-refractivity contribution < 1.29 is 18.0 Å². The van der Waals surface area contributed by atoms with Crippen LogP contribution in [0.5, 0.6) is 0 Å². The molecule has 1 saturated carbocycles. The third-order valence-electron chi connectivity index (χ3n) is 6.13. The Morgan fingerprint density at radius 1 is 1.26 bits per heavy atom. The van der Waals surface area contributed by atoms with Crippen molar-refractivity contribution in [3.63, 3.8) is 0 Å². The van der Waals surface area contributed by atoms with Gasteiger partial charge in [0.25, 0.3) is 5.56 Å². The van der Waals surface area contributed by atoms with Crippen molar-refractivity contribution in [2.75, 3.05) is 5.73 Å². The first-order chi connectivity index (χ1) is 16.2. The van der Waals surface area contributed by atoms with E-state index in [-0.39, 0.29) is 52.3 Å². The fraction of sp³-hybridized carbons (Fsp3) is 0.292. The summed E-state index contributed by atoms with van der Waals surface area (Å²) in [4.78, 5) is 29.6. The van der Waals surface area contributed by atoms with Crippen molar-refractivity contribution in [2.45, 2.75) is 45.3 Å². The first-order valence-electron chi connectivity index (χ1n) is 10.9. The highest BCUT2D eigenvalue weighted by Gasteiger charge is 2.30. The molecular formula is C24H23F2N5O3. The molecule has 0 bridgehead atoms. The number of nitrogens with zero attached hydrogens (tertiary/aromatic N) is 2. The molecule has 176 valence electrons. The lowest BCUT2D eigenvalue weighted by Gasteiger charge is -2.16. The Balaban J connectivity index is 1.73. The predicted octanol–water partition coefficient (Wildman–Crippen LogP) is 3.28. The molecule has 1 fully saturated rings. The number of rotatable bonds is 5. The number of carbonyl (C=O) groups is 1. The van der Waals surface area contributed by atoms with E-state index in [4.69, 9.17) is 15.9 Å². The molecule has 4 aromatic rings. The molecule has 0 saturated heterocycles. The van der Waals surface area contributed by atoms with Gasteiger partial charge in [0.1, 0.15) is 11.6 Å². The van der Waals surface area contributed by atoms with Crippen molar-refractivity contribution in [2.24, 2.45) is 5.73 Å². The molecule has 1 atom stereocenters. The molecule has 34 heavy (non-hydrogen) atoms. The maximum Gasteiger partial charge on any atom is 0.281 e. The first-order valence-corrected chi connectivity index (χ1v) is 10.9. The molecule has 0 radical (unpaired) electrons. The molecule has 1 amide bonds. The van der Waals surface area contributed by atoms with E-state index >= 15 is 0 Å². The van der Waals surface area contributed by atoms with Crippen LogP contribution < -0.4 is 22.3 Å². The van der Waals surface area contributed by atoms with Gasteiger partial charge in [-0.15, -0.1) is 0 Å². The monoisotopic (exact) mass is 467 g/mol. The van der Waals surface area contributed by atoms with Crippen molar-refractivity contribution >= 4 is 33.6 Å². The van der Waals surface area contributed by atoms with E-state index in [2.05, 4.69) is 10.3 Å². The van der Waals surface area contributed by atoms with Gasteiger partial charge in [-0.2, -0.15) is 0 Å². The number of hydrogen-bond acceptors (Lipinski definition) is 6. The molecule has 2 aromatic heterocycles. The van der Waals surface area contributed by atoms with Crippen molar-refractivity contribution in [3.05, 3.63) is 57.7 Å². The summed E-state index contributed by atoms with van der Waals surface area (Å²) >= 11 is 0. The molecule has 0 aliphatic heterocycles. The van der Waals surface area contributed by atoms with Gasteiger partial charge in [0, 0.05) is 23.1 Å². The van der Waals surface area contributed by atoms with E-state index in [9.17, 15) is 18.4 Å². The Kier molecular flexibility index (Phi) is 5.12. The van der Waals surface area contributed by atoms with Crippen LogP contribution in [0.25, 0.3) is 33.1 Å². The highest BCUT2D eigenvalue weighted by atomic mass is 19.1. The smallest absolute Gasteiger partial charge is 0.281 e. The molecule has 1 aliphatic rings. The minimum atomic E-state index is -0.723. The van der Waals surface area contributed by atoms with Crippen LogP contribution in [-0.4, -0.2) is 21.5 Å². The van der Waals surface area contributed by atoms with E-state index in [0.29, 0.717) is 22.0 Å². The van der Waals surface area contributed by atoms with Crippen LogP contribution in [0.4, 0.5) is 14.5 Å². The second-order valence-corrected chi connectivity index (χ2v) is 8.69. The normalized spacial score (nSPS) is 14.6. The zero-order valence-corrected chi connectivity index (χ0v) is 18.6. The number of pyridine rings is 1. The average molecular weight is 467 g/mol. The van der Waals surface area contributed by atoms with Gasteiger partial charge in [0.05, 0.1) is 23.8 Å². The number of oxazole rings is 1. The van der Waals surface area contributed by atoms with E-state index < -0.39 is 17.7 Å². The highest BCUT2D eigenvalue weighted by Crippen LogP contribution is 2.41. The van der Waals surface area contributed by atoms with Crippen LogP contribution in [0, 0.1) is 18.6 Å². The molecule has 8 nitrogen and oxygen atoms in total. The van der Waals surface area contributed by atoms with Gasteiger partial charge in [0.2, 0.25) is 11.8 Å². The number of carbonyl (C=O) groups excluding carboxylic acids is 1. The third kappa shape index (κ3) is 3.50. The Morgan fingerprint density at radius 2 is 2.00 bits per heavy atom. The van der Waals surface area contributed by atoms with Gasteiger partial charge in [-0.05, 0) is 49.9 Å². The quantitative estimate of drug-likeness (QED) is 0.386. The molecule has 0 spiro atoms. The predicted molar refractivity (Wildman–Crippen MR) is 124 cm³/mol. The van der Waals surface area contributed by atoms with Gasteiger partial charge in [0.15, 0.2) is 11.1 Å². The fourth-order valence-corrected chi connectivity index (χ4v) is 4.24. The van der Waals surface area contributed by atoms with Crippen molar-refractivity contribution in [3.8, 4) is 11.1 Å². The summed E-state index contributed by atoms with van der Waals surface area (Å²) in [5.74, 6) is -1.58. The zero-order valence-electron chi connectivity index (χ0n) is 18.6. The van der Waals surface area contributed by atoms with Crippen LogP contribution in [-0.2, 0) is 11.3 Å². The molecule has 5 rings (SSSR count). The molecule has 10 heteroatoms. The third-order valence-corrected chi connectivity index (χ3v) is 6.13. The number of nitrogen functional groups attached to an aromatic ring is 1. The molecule has 2 heterocycles. The van der Waals surface area contributed by atoms with Gasteiger partial charge in [-0.1, -0.05) is 6.07 Å². The van der Waals surface area contributed by atoms with Crippen LogP contribution in [0.3, 0.4) is 0 Å². The average Bonchev–Trinajstić information content (AvgIpc) is 3.53. The topological polar surface area (TPSA) is 129 Å². The number of nitrogens with two attached hydrogens (primary N) is 2. The number of halogens is 2. The summed E-state index contributed by atoms with van der Waals surface area (Å²) < 4.78 is 36.4. The molecule has 1 aliphatic carbocycles. The van der Waals surface area contributed by atoms with E-state index in [1.807, 2.05) is 0 Å². The van der Waals surface area contributed by atoms with Gasteiger partial charge in [-0.3, -0.25) is 9.59 Å². The zero-order chi connectivity index (χ0) is 24.3. The number of benzene rings is 2. The fourth-order valence-electron chi connectivity index (χ4n) is 4.24. The second-order valence-electron chi connectivity index (χ2n) is 8.69. The lowest BCUT2D eigenvalue weighted by atomic mass is 9.96. The largest absolute Gasteiger partial charge is 0.438 e. The summed E-state index contributed by atoms with van der Waals surface area (Å²) in [6.45, 7) is 3.29. The molecule has 0 unspecified atom stereocenters. The van der Waals surface area contributed by atoms with Gasteiger partial charge in [-0.25, -0.2) is 13.8 Å². The number of aryl methyl sites for hydroxylation is 1. The maximum absolute atomic E-state index is 14.7. The van der Waals surface area contributed by atoms with Gasteiger partial charge >= 0.3 is 0 Å². The number of hydrogen-bond donors (Lipinski definition) is 3. The van der Waals surface area contributed by atoms with E-state index in [1.54, 1.807) is 30.5 Å². The Labute approximate surface area is 192 Å². The van der Waals surface area contributed by atoms with Crippen LogP contribution in [0.15, 0.2) is 33.5 Å². The summed E-state index contributed by atoms with van der Waals surface area (Å²) in [7, 11) is 0. The standard InChI is InChI=1S/C24H23F2N5O3/c1-10-13(15-7-17(26)18(28)8-16(15)25)5-6-14-21(10)31(12-3-4-12)24(33)20-22(14)34-19(30-20)9-29-23(32)11(2)27/h5-8,11-12H,3-4,9,27-28H2,1-2H3,(H,29,32)/t11-/m0/s1. The summed E-state index contributed by atoms with van der Waals surface area (Å²) in [5, 5.41) is 3.24. The Hall–Kier alpha value is -3.79. The summed E-state index contributed by atoms with van der Waals surface area (Å²) in [5.41, 5.74) is 12.6. The molecule has 5 N–H and O–H groups in total. The van der Waals surface area contributed by atoms with E-state index in [0.717, 1.165) is 25.0 Å².